The van der Waals surface area contributed by atoms with E-state index in [1.807, 2.05) is 6.07 Å². The highest BCUT2D eigenvalue weighted by Gasteiger charge is 2.41. The van der Waals surface area contributed by atoms with E-state index in [-0.39, 0.29) is 23.4 Å². The Labute approximate surface area is 216 Å². The van der Waals surface area contributed by atoms with Crippen LogP contribution in [-0.2, 0) is 11.2 Å². The van der Waals surface area contributed by atoms with Crippen LogP contribution >= 0.6 is 0 Å². The van der Waals surface area contributed by atoms with Crippen molar-refractivity contribution in [3.63, 3.8) is 0 Å². The number of hydrogen-bond donors (Lipinski definition) is 1. The van der Waals surface area contributed by atoms with Gasteiger partial charge in [-0.15, -0.1) is 0 Å². The lowest BCUT2D eigenvalue weighted by molar-refractivity contribution is -0.148. The average Bonchev–Trinajstić information content (AvgIpc) is 3.50. The molecule has 8 nitrogen and oxygen atoms in total. The Hall–Kier alpha value is -4.42. The molecule has 0 bridgehead atoms. The lowest BCUT2D eigenvalue weighted by Crippen LogP contribution is -2.51. The van der Waals surface area contributed by atoms with Crippen molar-refractivity contribution in [3.05, 3.63) is 65.0 Å². The highest BCUT2D eigenvalue weighted by molar-refractivity contribution is 5.85. The van der Waals surface area contributed by atoms with Crippen LogP contribution in [-0.4, -0.2) is 47.3 Å². The molecule has 1 aliphatic carbocycles. The molecule has 9 heteroatoms. The van der Waals surface area contributed by atoms with Gasteiger partial charge in [-0.05, 0) is 53.8 Å². The minimum atomic E-state index is -0.783. The van der Waals surface area contributed by atoms with Crippen LogP contribution in [0, 0.1) is 23.1 Å². The Morgan fingerprint density at radius 2 is 1.89 bits per heavy atom. The number of carbonyl (C=O) groups is 1. The van der Waals surface area contributed by atoms with Crippen LogP contribution in [0.1, 0.15) is 29.2 Å². The number of nitriles is 1. The van der Waals surface area contributed by atoms with E-state index in [9.17, 15) is 15.2 Å². The van der Waals surface area contributed by atoms with Gasteiger partial charge in [-0.2, -0.15) is 5.26 Å². The largest absolute Gasteiger partial charge is 0.486 e. The van der Waals surface area contributed by atoms with E-state index in [0.29, 0.717) is 72.0 Å². The van der Waals surface area contributed by atoms with Crippen LogP contribution in [0.4, 0.5) is 4.39 Å². The fraction of sp³-hybridized carbons (Fsp3) is 0.276. The van der Waals surface area contributed by atoms with Gasteiger partial charge in [0.15, 0.2) is 17.1 Å². The van der Waals surface area contributed by atoms with Gasteiger partial charge in [0.25, 0.3) is 0 Å². The summed E-state index contributed by atoms with van der Waals surface area (Å²) in [6.07, 6.45) is 1.50. The summed E-state index contributed by atoms with van der Waals surface area (Å²) in [4.78, 5) is 18.0. The summed E-state index contributed by atoms with van der Waals surface area (Å²) in [5.41, 5.74) is 4.33. The molecule has 1 atom stereocenters. The van der Waals surface area contributed by atoms with E-state index >= 15 is 4.39 Å². The minimum Gasteiger partial charge on any atom is -0.486 e. The second kappa shape index (κ2) is 8.57. The maximum absolute atomic E-state index is 15.9. The second-order valence-electron chi connectivity index (χ2n) is 9.87. The summed E-state index contributed by atoms with van der Waals surface area (Å²) >= 11 is 0. The number of oxazole rings is 1. The number of aromatic nitrogens is 1. The number of benzene rings is 3. The molecule has 2 aliphatic heterocycles. The summed E-state index contributed by atoms with van der Waals surface area (Å²) in [5, 5.41) is 19.3. The molecule has 0 spiro atoms. The molecule has 1 saturated heterocycles. The summed E-state index contributed by atoms with van der Waals surface area (Å²) in [7, 11) is 0. The highest BCUT2D eigenvalue weighted by Crippen LogP contribution is 2.44. The Balaban J connectivity index is 1.27. The van der Waals surface area contributed by atoms with Gasteiger partial charge in [-0.25, -0.2) is 9.37 Å². The molecule has 0 saturated carbocycles. The zero-order valence-corrected chi connectivity index (χ0v) is 20.2. The number of halogens is 1. The Morgan fingerprint density at radius 3 is 2.68 bits per heavy atom. The first kappa shape index (κ1) is 22.8. The van der Waals surface area contributed by atoms with E-state index in [2.05, 4.69) is 16.0 Å². The fourth-order valence-electron chi connectivity index (χ4n) is 5.79. The molecule has 0 unspecified atom stereocenters. The number of nitrogens with zero attached hydrogens (tertiary/aromatic N) is 3. The molecular weight excluding hydrogens is 489 g/mol. The van der Waals surface area contributed by atoms with Gasteiger partial charge in [0.2, 0.25) is 5.89 Å². The molecular formula is C29H22FN3O5. The molecule has 3 aromatic carbocycles. The zero-order chi connectivity index (χ0) is 26.0. The molecule has 0 radical (unpaired) electrons. The average molecular weight is 512 g/mol. The quantitative estimate of drug-likeness (QED) is 0.410. The third kappa shape index (κ3) is 3.45. The predicted molar refractivity (Wildman–Crippen MR) is 134 cm³/mol. The Kier molecular flexibility index (Phi) is 5.13. The van der Waals surface area contributed by atoms with Crippen molar-refractivity contribution in [1.82, 2.24) is 9.88 Å². The lowest BCUT2D eigenvalue weighted by atomic mass is 9.94. The number of carboxylic acid groups (broad SMARTS) is 1. The third-order valence-electron chi connectivity index (χ3n) is 7.74. The molecule has 3 heterocycles. The number of hydrogen-bond acceptors (Lipinski definition) is 7. The highest BCUT2D eigenvalue weighted by atomic mass is 19.1. The molecule has 0 amide bonds. The third-order valence-corrected chi connectivity index (χ3v) is 7.74. The number of rotatable bonds is 4. The summed E-state index contributed by atoms with van der Waals surface area (Å²) in [6, 6.07) is 14.6. The predicted octanol–water partition coefficient (Wildman–Crippen LogP) is 4.95. The van der Waals surface area contributed by atoms with Crippen molar-refractivity contribution in [3.8, 4) is 40.1 Å². The van der Waals surface area contributed by atoms with E-state index < -0.39 is 11.8 Å². The SMILES string of the molecule is N#Cc1c2c(cc3nc(-c4cccc(-c5ccc6c(c5)OCCO6)c4F)oc13)[C@@H](N1CC(C(=O)O)C1)CC2. The summed E-state index contributed by atoms with van der Waals surface area (Å²) in [5.74, 6) is -0.332. The molecule has 4 aromatic rings. The molecule has 1 fully saturated rings. The first-order valence-electron chi connectivity index (χ1n) is 12.5. The number of ether oxygens (including phenoxy) is 2. The van der Waals surface area contributed by atoms with Gasteiger partial charge < -0.3 is 19.0 Å². The van der Waals surface area contributed by atoms with Gasteiger partial charge in [-0.1, -0.05) is 18.2 Å². The number of aliphatic carboxylic acids is 1. The summed E-state index contributed by atoms with van der Waals surface area (Å²) in [6.45, 7) is 1.89. The van der Waals surface area contributed by atoms with Crippen LogP contribution < -0.4 is 9.47 Å². The number of likely N-dealkylation sites (tertiary alicyclic amines) is 1. The maximum Gasteiger partial charge on any atom is 0.309 e. The molecule has 1 N–H and O–H groups in total. The van der Waals surface area contributed by atoms with E-state index in [1.54, 1.807) is 36.4 Å². The first-order chi connectivity index (χ1) is 18.5. The smallest absolute Gasteiger partial charge is 0.309 e. The van der Waals surface area contributed by atoms with Gasteiger partial charge in [0.1, 0.15) is 36.2 Å². The first-order valence-corrected chi connectivity index (χ1v) is 12.5. The molecule has 38 heavy (non-hydrogen) atoms. The van der Waals surface area contributed by atoms with Gasteiger partial charge in [0, 0.05) is 24.7 Å². The number of fused-ring (bicyclic) bond motifs is 3. The van der Waals surface area contributed by atoms with Crippen LogP contribution in [0.2, 0.25) is 0 Å². The van der Waals surface area contributed by atoms with Crippen molar-refractivity contribution in [2.75, 3.05) is 26.3 Å². The minimum absolute atomic E-state index is 0.0347. The molecule has 3 aliphatic rings. The van der Waals surface area contributed by atoms with Crippen LogP contribution in [0.5, 0.6) is 11.5 Å². The molecule has 190 valence electrons. The standard InChI is InChI=1S/C29H22FN3O5/c30-26-17(15-4-7-24-25(10-15)37-9-8-36-24)2-1-3-19(26)28-32-22-11-20-18(21(12-31)27(22)38-28)5-6-23(20)33-13-16(14-33)29(34)35/h1-4,7,10-11,16,23H,5-6,8-9,13-14H2,(H,34,35)/t23-/m0/s1. The van der Waals surface area contributed by atoms with E-state index in [4.69, 9.17) is 13.9 Å². The monoisotopic (exact) mass is 511 g/mol. The van der Waals surface area contributed by atoms with Gasteiger partial charge in [-0.3, -0.25) is 9.69 Å². The van der Waals surface area contributed by atoms with Gasteiger partial charge in [0.05, 0.1) is 11.5 Å². The van der Waals surface area contributed by atoms with Crippen LogP contribution in [0.3, 0.4) is 0 Å². The van der Waals surface area contributed by atoms with E-state index in [0.717, 1.165) is 17.5 Å². The van der Waals surface area contributed by atoms with Crippen molar-refractivity contribution in [2.24, 2.45) is 5.92 Å². The number of carboxylic acids is 1. The fourth-order valence-corrected chi connectivity index (χ4v) is 5.79. The molecule has 1 aromatic heterocycles. The normalized spacial score (nSPS) is 18.7. The van der Waals surface area contributed by atoms with Crippen molar-refractivity contribution >= 4 is 17.1 Å². The van der Waals surface area contributed by atoms with E-state index in [1.165, 1.54) is 0 Å². The maximum atomic E-state index is 15.9. The topological polar surface area (TPSA) is 109 Å². The van der Waals surface area contributed by atoms with Crippen LogP contribution in [0.25, 0.3) is 33.7 Å². The zero-order valence-electron chi connectivity index (χ0n) is 20.2. The van der Waals surface area contributed by atoms with Crippen molar-refractivity contribution < 1.29 is 28.2 Å². The molecule has 7 rings (SSSR count). The summed E-state index contributed by atoms with van der Waals surface area (Å²) < 4.78 is 33.1. The van der Waals surface area contributed by atoms with Crippen LogP contribution in [0.15, 0.2) is 46.9 Å². The van der Waals surface area contributed by atoms with Crippen molar-refractivity contribution in [2.45, 2.75) is 18.9 Å². The van der Waals surface area contributed by atoms with Crippen molar-refractivity contribution in [1.29, 1.82) is 5.26 Å². The lowest BCUT2D eigenvalue weighted by Gasteiger charge is -2.41. The van der Waals surface area contributed by atoms with Gasteiger partial charge >= 0.3 is 5.97 Å². The Bertz CT molecular complexity index is 1670. The second-order valence-corrected chi connectivity index (χ2v) is 9.87. The Morgan fingerprint density at radius 1 is 1.11 bits per heavy atom.